The number of amides is 1. The van der Waals surface area contributed by atoms with Crippen LogP contribution in [0.3, 0.4) is 0 Å². The van der Waals surface area contributed by atoms with Crippen molar-refractivity contribution < 1.29 is 18.0 Å². The molecule has 0 spiro atoms. The number of halogens is 3. The van der Waals surface area contributed by atoms with Gasteiger partial charge in [0.15, 0.2) is 5.82 Å². The first kappa shape index (κ1) is 19.1. The minimum absolute atomic E-state index is 0.232. The summed E-state index contributed by atoms with van der Waals surface area (Å²) in [6.45, 7) is 2.99. The maximum absolute atomic E-state index is 13.1. The second-order valence-corrected chi connectivity index (χ2v) is 6.79. The Morgan fingerprint density at radius 3 is 2.79 bits per heavy atom. The third-order valence-electron chi connectivity index (χ3n) is 4.99. The van der Waals surface area contributed by atoms with Gasteiger partial charge in [-0.15, -0.1) is 0 Å². The molecule has 3 aromatic rings. The normalized spacial score (nSPS) is 20.2. The molecule has 0 unspecified atom stereocenters. The van der Waals surface area contributed by atoms with Crippen LogP contribution in [-0.2, 0) is 11.0 Å². The predicted molar refractivity (Wildman–Crippen MR) is 99.0 cm³/mol. The van der Waals surface area contributed by atoms with Crippen LogP contribution in [-0.4, -0.2) is 50.4 Å². The van der Waals surface area contributed by atoms with Crippen molar-refractivity contribution in [3.05, 3.63) is 42.4 Å². The first-order chi connectivity index (χ1) is 13.8. The zero-order chi connectivity index (χ0) is 20.8. The molecule has 1 aliphatic heterocycles. The highest BCUT2D eigenvalue weighted by Gasteiger charge is 2.33. The van der Waals surface area contributed by atoms with E-state index >= 15 is 0 Å². The molecule has 3 N–H and O–H groups in total. The second kappa shape index (κ2) is 6.99. The number of hydrogen-bond acceptors (Lipinski definition) is 6. The van der Waals surface area contributed by atoms with Gasteiger partial charge >= 0.3 is 6.18 Å². The Morgan fingerprint density at radius 1 is 1.28 bits per heavy atom. The molecule has 0 saturated carbocycles. The van der Waals surface area contributed by atoms with Crippen LogP contribution in [0.2, 0.25) is 0 Å². The molecular formula is C18H18F3N7O. The number of imidazole rings is 1. The summed E-state index contributed by atoms with van der Waals surface area (Å²) in [5, 5.41) is 3.07. The molecule has 152 valence electrons. The molecule has 1 saturated heterocycles. The third-order valence-corrected chi connectivity index (χ3v) is 4.99. The number of carbonyl (C=O) groups is 1. The molecule has 0 bridgehead atoms. The van der Waals surface area contributed by atoms with Gasteiger partial charge in [0.1, 0.15) is 23.2 Å². The van der Waals surface area contributed by atoms with E-state index in [0.717, 1.165) is 12.3 Å². The zero-order valence-corrected chi connectivity index (χ0v) is 15.4. The molecule has 8 nitrogen and oxygen atoms in total. The number of carbonyl (C=O) groups excluding carboxylic acids is 1. The maximum atomic E-state index is 13.1. The molecule has 2 atom stereocenters. The van der Waals surface area contributed by atoms with Crippen LogP contribution in [0, 0.1) is 0 Å². The highest BCUT2D eigenvalue weighted by Crippen LogP contribution is 2.30. The van der Waals surface area contributed by atoms with Crippen LogP contribution in [0.5, 0.6) is 0 Å². The van der Waals surface area contributed by atoms with Gasteiger partial charge in [-0.25, -0.2) is 15.0 Å². The summed E-state index contributed by atoms with van der Waals surface area (Å²) in [7, 11) is 0. The van der Waals surface area contributed by atoms with Crippen LogP contribution in [0.15, 0.2) is 36.8 Å². The molecule has 1 aliphatic rings. The summed E-state index contributed by atoms with van der Waals surface area (Å²) < 4.78 is 40.6. The largest absolute Gasteiger partial charge is 0.417 e. The lowest BCUT2D eigenvalue weighted by molar-refractivity contribution is -0.137. The van der Waals surface area contributed by atoms with Crippen molar-refractivity contribution in [1.29, 1.82) is 0 Å². The van der Waals surface area contributed by atoms with Gasteiger partial charge < -0.3 is 16.0 Å². The van der Waals surface area contributed by atoms with E-state index in [1.807, 2.05) is 11.8 Å². The van der Waals surface area contributed by atoms with E-state index in [0.29, 0.717) is 30.2 Å². The lowest BCUT2D eigenvalue weighted by atomic mass is 10.0. The molecule has 0 aromatic carbocycles. The molecule has 4 heterocycles. The van der Waals surface area contributed by atoms with Crippen LogP contribution in [0.4, 0.5) is 19.0 Å². The number of pyridine rings is 1. The summed E-state index contributed by atoms with van der Waals surface area (Å²) in [4.78, 5) is 26.4. The minimum Gasteiger partial charge on any atom is -0.368 e. The minimum atomic E-state index is -4.47. The quantitative estimate of drug-likeness (QED) is 0.684. The first-order valence-corrected chi connectivity index (χ1v) is 8.93. The fourth-order valence-electron chi connectivity index (χ4n) is 3.50. The molecule has 0 aliphatic carbocycles. The Bertz CT molecular complexity index is 1070. The zero-order valence-electron chi connectivity index (χ0n) is 15.4. The van der Waals surface area contributed by atoms with Crippen LogP contribution >= 0.6 is 0 Å². The molecule has 1 amide bonds. The molecule has 3 aromatic heterocycles. The number of nitrogens with zero attached hydrogens (tertiary/aromatic N) is 5. The summed E-state index contributed by atoms with van der Waals surface area (Å²) in [5.41, 5.74) is 5.35. The number of aromatic nitrogens is 4. The summed E-state index contributed by atoms with van der Waals surface area (Å²) >= 11 is 0. The average molecular weight is 405 g/mol. The van der Waals surface area contributed by atoms with Gasteiger partial charge in [-0.3, -0.25) is 9.20 Å². The van der Waals surface area contributed by atoms with Crippen molar-refractivity contribution >= 4 is 17.4 Å². The number of alkyl halides is 3. The molecule has 1 fully saturated rings. The van der Waals surface area contributed by atoms with E-state index in [9.17, 15) is 18.0 Å². The smallest absolute Gasteiger partial charge is 0.368 e. The lowest BCUT2D eigenvalue weighted by Gasteiger charge is -2.39. The Balaban J connectivity index is 1.73. The maximum Gasteiger partial charge on any atom is 0.417 e. The summed E-state index contributed by atoms with van der Waals surface area (Å²) in [6, 6.07) is 3.19. The van der Waals surface area contributed by atoms with Crippen molar-refractivity contribution in [1.82, 2.24) is 24.7 Å². The Hall–Kier alpha value is -3.21. The number of anilines is 1. The molecular weight excluding hydrogens is 387 g/mol. The Labute approximate surface area is 163 Å². The van der Waals surface area contributed by atoms with Crippen molar-refractivity contribution in [2.75, 3.05) is 18.0 Å². The van der Waals surface area contributed by atoms with Gasteiger partial charge in [-0.1, -0.05) is 0 Å². The van der Waals surface area contributed by atoms with Gasteiger partial charge in [0.2, 0.25) is 5.91 Å². The van der Waals surface area contributed by atoms with Crippen LogP contribution in [0.25, 0.3) is 17.2 Å². The number of piperazine rings is 1. The lowest BCUT2D eigenvalue weighted by Crippen LogP contribution is -2.61. The number of nitrogens with two attached hydrogens (primary N) is 1. The van der Waals surface area contributed by atoms with Crippen molar-refractivity contribution in [3.63, 3.8) is 0 Å². The molecule has 0 radical (unpaired) electrons. The highest BCUT2D eigenvalue weighted by atomic mass is 19.4. The monoisotopic (exact) mass is 405 g/mol. The van der Waals surface area contributed by atoms with E-state index in [1.54, 1.807) is 6.07 Å². The Kier molecular flexibility index (Phi) is 4.61. The first-order valence-electron chi connectivity index (χ1n) is 8.93. The van der Waals surface area contributed by atoms with E-state index in [4.69, 9.17) is 5.73 Å². The van der Waals surface area contributed by atoms with Crippen molar-refractivity contribution in [2.24, 2.45) is 5.73 Å². The van der Waals surface area contributed by atoms with Crippen molar-refractivity contribution in [2.45, 2.75) is 25.2 Å². The van der Waals surface area contributed by atoms with Gasteiger partial charge in [-0.05, 0) is 25.1 Å². The fourth-order valence-corrected chi connectivity index (χ4v) is 3.50. The third kappa shape index (κ3) is 3.48. The van der Waals surface area contributed by atoms with Crippen molar-refractivity contribution in [3.8, 4) is 11.5 Å². The standard InChI is InChI=1S/C18H18F3N7O/c1-10-15(16(22)29)23-6-7-27(10)14-4-5-24-17(26-14)12-8-25-13-3-2-11(9-28(12)13)18(19,20)21/h2-5,8-10,15,23H,6-7H2,1H3,(H2,22,29)/t10-,15-/m0/s1. The van der Waals surface area contributed by atoms with Crippen LogP contribution < -0.4 is 16.0 Å². The van der Waals surface area contributed by atoms with Gasteiger partial charge in [0, 0.05) is 25.5 Å². The Morgan fingerprint density at radius 2 is 2.07 bits per heavy atom. The van der Waals surface area contributed by atoms with E-state index in [-0.39, 0.29) is 11.9 Å². The molecule has 4 rings (SSSR count). The molecule has 11 heteroatoms. The van der Waals surface area contributed by atoms with Gasteiger partial charge in [0.05, 0.1) is 17.8 Å². The number of rotatable bonds is 3. The number of hydrogen-bond donors (Lipinski definition) is 2. The average Bonchev–Trinajstić information content (AvgIpc) is 3.10. The predicted octanol–water partition coefficient (Wildman–Crippen LogP) is 1.46. The fraction of sp³-hybridized carbons (Fsp3) is 0.333. The summed E-state index contributed by atoms with van der Waals surface area (Å²) in [5.74, 6) is 0.325. The topological polar surface area (TPSA) is 101 Å². The van der Waals surface area contributed by atoms with E-state index in [1.165, 1.54) is 22.9 Å². The number of primary amides is 1. The number of nitrogens with one attached hydrogen (secondary N) is 1. The van der Waals surface area contributed by atoms with E-state index in [2.05, 4.69) is 20.3 Å². The second-order valence-electron chi connectivity index (χ2n) is 6.79. The van der Waals surface area contributed by atoms with Crippen LogP contribution in [0.1, 0.15) is 12.5 Å². The number of fused-ring (bicyclic) bond motifs is 1. The molecule has 29 heavy (non-hydrogen) atoms. The summed E-state index contributed by atoms with van der Waals surface area (Å²) in [6.07, 6.45) is -0.538. The highest BCUT2D eigenvalue weighted by molar-refractivity contribution is 5.81. The SMILES string of the molecule is C[C@H]1[C@@H](C(N)=O)NCCN1c1ccnc(-c2cnc3ccc(C(F)(F)F)cn23)n1. The van der Waals surface area contributed by atoms with Gasteiger partial charge in [-0.2, -0.15) is 13.2 Å². The van der Waals surface area contributed by atoms with E-state index < -0.39 is 23.7 Å². The van der Waals surface area contributed by atoms with Gasteiger partial charge in [0.25, 0.3) is 0 Å².